The van der Waals surface area contributed by atoms with Gasteiger partial charge in [0.2, 0.25) is 0 Å². The molecule has 0 aliphatic carbocycles. The van der Waals surface area contributed by atoms with Crippen molar-refractivity contribution in [3.8, 4) is 0 Å². The fourth-order valence-electron chi connectivity index (χ4n) is 0.672. The Morgan fingerprint density at radius 2 is 2.09 bits per heavy atom. The monoisotopic (exact) mass is 160 g/mol. The molecule has 0 unspecified atom stereocenters. The summed E-state index contributed by atoms with van der Waals surface area (Å²) in [6.07, 6.45) is -2.75. The highest BCUT2D eigenvalue weighted by Crippen LogP contribution is 2.13. The molecule has 0 spiro atoms. The number of anilines is 1. The number of alkyl halides is 2. The molecule has 0 aromatic carbocycles. The maximum absolute atomic E-state index is 11.9. The summed E-state index contributed by atoms with van der Waals surface area (Å²) in [6, 6.07) is 2.24. The second kappa shape index (κ2) is 2.69. The number of nitrogen functional groups attached to an aromatic ring is 1. The van der Waals surface area contributed by atoms with Gasteiger partial charge in [0, 0.05) is 0 Å². The van der Waals surface area contributed by atoms with Crippen LogP contribution in [0, 0.1) is 0 Å². The number of aromatic amines is 1. The van der Waals surface area contributed by atoms with E-state index in [9.17, 15) is 13.6 Å². The lowest BCUT2D eigenvalue weighted by atomic mass is 10.3. The standard InChI is InChI=1S/C6H6F2N2O/c7-5(8)3-1-2-4(9)10-6(3)11/h1-2,5H,(H3,9,10,11). The maximum Gasteiger partial charge on any atom is 0.269 e. The van der Waals surface area contributed by atoms with E-state index in [4.69, 9.17) is 5.73 Å². The molecule has 3 nitrogen and oxygen atoms in total. The molecule has 0 amide bonds. The summed E-state index contributed by atoms with van der Waals surface area (Å²) in [5.41, 5.74) is 3.74. The quantitative estimate of drug-likeness (QED) is 0.641. The second-order valence-corrected chi connectivity index (χ2v) is 2.00. The third-order valence-electron chi connectivity index (χ3n) is 1.20. The molecule has 1 rings (SSSR count). The van der Waals surface area contributed by atoms with Crippen molar-refractivity contribution in [2.24, 2.45) is 0 Å². The summed E-state index contributed by atoms with van der Waals surface area (Å²) < 4.78 is 23.8. The zero-order valence-corrected chi connectivity index (χ0v) is 5.47. The van der Waals surface area contributed by atoms with Crippen LogP contribution in [-0.2, 0) is 0 Å². The third-order valence-corrected chi connectivity index (χ3v) is 1.20. The molecule has 0 aliphatic rings. The lowest BCUT2D eigenvalue weighted by Crippen LogP contribution is -2.13. The predicted molar refractivity (Wildman–Crippen MR) is 36.4 cm³/mol. The van der Waals surface area contributed by atoms with Crippen molar-refractivity contribution in [1.29, 1.82) is 0 Å². The number of aromatic nitrogens is 1. The van der Waals surface area contributed by atoms with E-state index < -0.39 is 17.5 Å². The summed E-state index contributed by atoms with van der Waals surface area (Å²) >= 11 is 0. The van der Waals surface area contributed by atoms with Crippen molar-refractivity contribution in [3.05, 3.63) is 28.0 Å². The molecule has 3 N–H and O–H groups in total. The molecule has 0 fully saturated rings. The number of halogens is 2. The highest BCUT2D eigenvalue weighted by atomic mass is 19.3. The molecule has 0 saturated heterocycles. The molecule has 1 heterocycles. The van der Waals surface area contributed by atoms with Crippen LogP contribution in [-0.4, -0.2) is 4.98 Å². The average molecular weight is 160 g/mol. The number of nitrogens with one attached hydrogen (secondary N) is 1. The van der Waals surface area contributed by atoms with E-state index in [1.165, 1.54) is 6.07 Å². The van der Waals surface area contributed by atoms with E-state index in [1.54, 1.807) is 0 Å². The highest BCUT2D eigenvalue weighted by molar-refractivity contribution is 5.29. The Hall–Kier alpha value is -1.39. The van der Waals surface area contributed by atoms with Crippen molar-refractivity contribution in [3.63, 3.8) is 0 Å². The Morgan fingerprint density at radius 3 is 2.55 bits per heavy atom. The van der Waals surface area contributed by atoms with E-state index in [1.807, 2.05) is 0 Å². The van der Waals surface area contributed by atoms with E-state index in [0.29, 0.717) is 0 Å². The average Bonchev–Trinajstić information content (AvgIpc) is 1.85. The van der Waals surface area contributed by atoms with Crippen molar-refractivity contribution in [1.82, 2.24) is 4.98 Å². The third kappa shape index (κ3) is 1.54. The Bertz CT molecular complexity index is 308. The molecule has 1 aromatic heterocycles. The number of hydrogen-bond donors (Lipinski definition) is 2. The predicted octanol–water partition coefficient (Wildman–Crippen LogP) is 0.895. The summed E-state index contributed by atoms with van der Waals surface area (Å²) in [7, 11) is 0. The number of H-pyrrole nitrogens is 1. The van der Waals surface area contributed by atoms with Crippen molar-refractivity contribution in [2.45, 2.75) is 6.43 Å². The Kier molecular flexibility index (Phi) is 1.89. The van der Waals surface area contributed by atoms with Gasteiger partial charge in [0.15, 0.2) is 0 Å². The van der Waals surface area contributed by atoms with Crippen LogP contribution in [0.1, 0.15) is 12.0 Å². The first-order valence-corrected chi connectivity index (χ1v) is 2.88. The normalized spacial score (nSPS) is 10.5. The largest absolute Gasteiger partial charge is 0.385 e. The van der Waals surface area contributed by atoms with Gasteiger partial charge in [-0.1, -0.05) is 0 Å². The van der Waals surface area contributed by atoms with Gasteiger partial charge in [0.1, 0.15) is 5.82 Å². The van der Waals surface area contributed by atoms with Crippen LogP contribution in [0.15, 0.2) is 16.9 Å². The number of rotatable bonds is 1. The van der Waals surface area contributed by atoms with Gasteiger partial charge in [0.25, 0.3) is 12.0 Å². The zero-order valence-electron chi connectivity index (χ0n) is 5.47. The molecule has 0 bridgehead atoms. The minimum Gasteiger partial charge on any atom is -0.385 e. The van der Waals surface area contributed by atoms with E-state index in [0.717, 1.165) is 6.07 Å². The van der Waals surface area contributed by atoms with Crippen molar-refractivity contribution >= 4 is 5.82 Å². The van der Waals surface area contributed by atoms with Crippen LogP contribution in [0.3, 0.4) is 0 Å². The van der Waals surface area contributed by atoms with Gasteiger partial charge < -0.3 is 10.7 Å². The topological polar surface area (TPSA) is 58.9 Å². The molecule has 0 aliphatic heterocycles. The van der Waals surface area contributed by atoms with Crippen LogP contribution < -0.4 is 11.3 Å². The molecule has 1 aromatic rings. The number of nitrogens with two attached hydrogens (primary N) is 1. The molecule has 5 heteroatoms. The van der Waals surface area contributed by atoms with Gasteiger partial charge in [-0.2, -0.15) is 0 Å². The first kappa shape index (κ1) is 7.71. The van der Waals surface area contributed by atoms with E-state index in [-0.39, 0.29) is 5.82 Å². The van der Waals surface area contributed by atoms with Crippen molar-refractivity contribution < 1.29 is 8.78 Å². The molecule has 0 saturated carbocycles. The van der Waals surface area contributed by atoms with Crippen LogP contribution in [0.5, 0.6) is 0 Å². The molecule has 11 heavy (non-hydrogen) atoms. The summed E-state index contributed by atoms with van der Waals surface area (Å²) in [5.74, 6) is 0.0828. The maximum atomic E-state index is 11.9. The molecule has 60 valence electrons. The van der Waals surface area contributed by atoms with Crippen molar-refractivity contribution in [2.75, 3.05) is 5.73 Å². The Balaban J connectivity index is 3.21. The zero-order chi connectivity index (χ0) is 8.43. The first-order valence-electron chi connectivity index (χ1n) is 2.88. The lowest BCUT2D eigenvalue weighted by Gasteiger charge is -1.97. The van der Waals surface area contributed by atoms with Crippen LogP contribution in [0.2, 0.25) is 0 Å². The number of pyridine rings is 1. The summed E-state index contributed by atoms with van der Waals surface area (Å²) in [5, 5.41) is 0. The first-order chi connectivity index (χ1) is 5.11. The second-order valence-electron chi connectivity index (χ2n) is 2.00. The highest BCUT2D eigenvalue weighted by Gasteiger charge is 2.10. The minimum absolute atomic E-state index is 0.0828. The Morgan fingerprint density at radius 1 is 1.45 bits per heavy atom. The van der Waals surface area contributed by atoms with Gasteiger partial charge in [0.05, 0.1) is 5.56 Å². The van der Waals surface area contributed by atoms with Gasteiger partial charge >= 0.3 is 0 Å². The molecular formula is C6H6F2N2O. The SMILES string of the molecule is Nc1ccc(C(F)F)c(=O)[nH]1. The fourth-order valence-corrected chi connectivity index (χ4v) is 0.672. The van der Waals surface area contributed by atoms with E-state index >= 15 is 0 Å². The van der Waals surface area contributed by atoms with E-state index in [2.05, 4.69) is 4.98 Å². The van der Waals surface area contributed by atoms with Gasteiger partial charge in [-0.3, -0.25) is 4.79 Å². The van der Waals surface area contributed by atoms with Gasteiger partial charge in [-0.25, -0.2) is 8.78 Å². The van der Waals surface area contributed by atoms with Crippen LogP contribution >= 0.6 is 0 Å². The smallest absolute Gasteiger partial charge is 0.269 e. The Labute approximate surface area is 60.8 Å². The summed E-state index contributed by atoms with van der Waals surface area (Å²) in [4.78, 5) is 12.7. The number of hydrogen-bond acceptors (Lipinski definition) is 2. The van der Waals surface area contributed by atoms with Crippen LogP contribution in [0.4, 0.5) is 14.6 Å². The minimum atomic E-state index is -2.75. The molecular weight excluding hydrogens is 154 g/mol. The van der Waals surface area contributed by atoms with Gasteiger partial charge in [-0.15, -0.1) is 0 Å². The fraction of sp³-hybridized carbons (Fsp3) is 0.167. The lowest BCUT2D eigenvalue weighted by molar-refractivity contribution is 0.149. The molecule has 0 radical (unpaired) electrons. The summed E-state index contributed by atoms with van der Waals surface area (Å²) in [6.45, 7) is 0. The van der Waals surface area contributed by atoms with Gasteiger partial charge in [-0.05, 0) is 12.1 Å². The molecule has 0 atom stereocenters. The van der Waals surface area contributed by atoms with Crippen LogP contribution in [0.25, 0.3) is 0 Å².